The molecule has 1 aromatic heterocycles. The van der Waals surface area contributed by atoms with E-state index in [1.54, 1.807) is 29.2 Å². The summed E-state index contributed by atoms with van der Waals surface area (Å²) in [4.78, 5) is 50.1. The fourth-order valence-corrected chi connectivity index (χ4v) is 5.93. The Morgan fingerprint density at radius 1 is 0.571 bits per heavy atom. The van der Waals surface area contributed by atoms with E-state index >= 15 is 0 Å². The summed E-state index contributed by atoms with van der Waals surface area (Å²) in [6.07, 6.45) is 1.65. The molecule has 0 radical (unpaired) electrons. The lowest BCUT2D eigenvalue weighted by Crippen LogP contribution is -2.55. The smallest absolute Gasteiger partial charge is 0.294 e. The van der Waals surface area contributed by atoms with Gasteiger partial charge >= 0.3 is 0 Å². The van der Waals surface area contributed by atoms with Crippen LogP contribution in [0.2, 0.25) is 0 Å². The number of benzene rings is 3. The zero-order chi connectivity index (χ0) is 28.9. The Morgan fingerprint density at radius 2 is 1.07 bits per heavy atom. The molecule has 0 bridgehead atoms. The van der Waals surface area contributed by atoms with Gasteiger partial charge in [-0.3, -0.25) is 19.3 Å². The van der Waals surface area contributed by atoms with Crippen LogP contribution in [-0.2, 0) is 4.79 Å². The minimum absolute atomic E-state index is 0.0197. The third-order valence-corrected chi connectivity index (χ3v) is 8.31. The van der Waals surface area contributed by atoms with Crippen molar-refractivity contribution in [1.82, 2.24) is 19.7 Å². The second kappa shape index (κ2) is 12.5. The lowest BCUT2D eigenvalue weighted by atomic mass is 10.0. The molecule has 6 rings (SSSR count). The summed E-state index contributed by atoms with van der Waals surface area (Å²) >= 11 is 0. The zero-order valence-electron chi connectivity index (χ0n) is 23.6. The standard InChI is InChI=1S/C35H34N4O3/c40-33(28-14-8-3-9-15-28)35(42)38-18-16-30(17-19-38)37-20-22-39(23-21-37)34(41)29-24-31(26-10-4-1-5-11-26)36-32(25-29)27-12-6-2-7-13-27/h1-15,24-25,30H,16-23H2. The molecular weight excluding hydrogens is 524 g/mol. The van der Waals surface area contributed by atoms with Crippen LogP contribution in [0.15, 0.2) is 103 Å². The molecule has 2 aliphatic rings. The van der Waals surface area contributed by atoms with Gasteiger partial charge in [0.15, 0.2) is 0 Å². The monoisotopic (exact) mass is 558 g/mol. The van der Waals surface area contributed by atoms with E-state index in [1.807, 2.05) is 83.8 Å². The highest BCUT2D eigenvalue weighted by molar-refractivity contribution is 6.42. The number of rotatable bonds is 6. The van der Waals surface area contributed by atoms with Crippen LogP contribution in [0.4, 0.5) is 0 Å². The maximum absolute atomic E-state index is 13.8. The molecule has 3 heterocycles. The summed E-state index contributed by atoms with van der Waals surface area (Å²) in [6, 6.07) is 32.8. The van der Waals surface area contributed by atoms with E-state index in [0.717, 1.165) is 48.4 Å². The fraction of sp³-hybridized carbons (Fsp3) is 0.257. The summed E-state index contributed by atoms with van der Waals surface area (Å²) in [7, 11) is 0. The number of hydrogen-bond acceptors (Lipinski definition) is 5. The van der Waals surface area contributed by atoms with Gasteiger partial charge in [0.1, 0.15) is 0 Å². The second-order valence-electron chi connectivity index (χ2n) is 10.9. The van der Waals surface area contributed by atoms with Gasteiger partial charge in [0, 0.05) is 67.6 Å². The number of carbonyl (C=O) groups is 3. The number of pyridine rings is 1. The summed E-state index contributed by atoms with van der Waals surface area (Å²) < 4.78 is 0. The van der Waals surface area contributed by atoms with Crippen LogP contribution < -0.4 is 0 Å². The fourth-order valence-electron chi connectivity index (χ4n) is 5.93. The van der Waals surface area contributed by atoms with Gasteiger partial charge in [-0.25, -0.2) is 4.98 Å². The number of piperazine rings is 1. The Labute approximate surface area is 246 Å². The molecule has 3 aromatic carbocycles. The highest BCUT2D eigenvalue weighted by atomic mass is 16.2. The van der Waals surface area contributed by atoms with Crippen molar-refractivity contribution >= 4 is 17.6 Å². The van der Waals surface area contributed by atoms with Crippen LogP contribution in [-0.4, -0.2) is 82.6 Å². The normalized spacial score (nSPS) is 16.3. The molecule has 42 heavy (non-hydrogen) atoms. The molecule has 0 spiro atoms. The molecule has 2 amide bonds. The van der Waals surface area contributed by atoms with E-state index in [2.05, 4.69) is 4.90 Å². The van der Waals surface area contributed by atoms with Crippen molar-refractivity contribution < 1.29 is 14.4 Å². The molecule has 212 valence electrons. The van der Waals surface area contributed by atoms with E-state index in [1.165, 1.54) is 0 Å². The minimum Gasteiger partial charge on any atom is -0.336 e. The topological polar surface area (TPSA) is 73.8 Å². The van der Waals surface area contributed by atoms with Crippen molar-refractivity contribution in [3.05, 3.63) is 114 Å². The van der Waals surface area contributed by atoms with Crippen molar-refractivity contribution in [2.45, 2.75) is 18.9 Å². The predicted molar refractivity (Wildman–Crippen MR) is 163 cm³/mol. The van der Waals surface area contributed by atoms with E-state index in [4.69, 9.17) is 4.98 Å². The largest absolute Gasteiger partial charge is 0.336 e. The molecule has 2 fully saturated rings. The second-order valence-corrected chi connectivity index (χ2v) is 10.9. The van der Waals surface area contributed by atoms with Crippen LogP contribution in [0.25, 0.3) is 22.5 Å². The average molecular weight is 559 g/mol. The van der Waals surface area contributed by atoms with Gasteiger partial charge < -0.3 is 9.80 Å². The van der Waals surface area contributed by atoms with Gasteiger partial charge in [-0.05, 0) is 25.0 Å². The van der Waals surface area contributed by atoms with Crippen molar-refractivity contribution in [2.24, 2.45) is 0 Å². The number of piperidine rings is 1. The number of amides is 2. The lowest BCUT2D eigenvalue weighted by Gasteiger charge is -2.42. The third kappa shape index (κ3) is 6.02. The Bertz CT molecular complexity index is 1490. The van der Waals surface area contributed by atoms with Crippen LogP contribution in [0.3, 0.4) is 0 Å². The van der Waals surface area contributed by atoms with E-state index in [-0.39, 0.29) is 5.91 Å². The quantitative estimate of drug-likeness (QED) is 0.245. The molecule has 2 saturated heterocycles. The van der Waals surface area contributed by atoms with E-state index in [9.17, 15) is 14.4 Å². The predicted octanol–water partition coefficient (Wildman–Crippen LogP) is 5.05. The van der Waals surface area contributed by atoms with Crippen LogP contribution in [0.5, 0.6) is 0 Å². The molecule has 0 unspecified atom stereocenters. The molecule has 0 N–H and O–H groups in total. The first kappa shape index (κ1) is 27.5. The summed E-state index contributed by atoms with van der Waals surface area (Å²) in [6.45, 7) is 4.01. The van der Waals surface area contributed by atoms with Gasteiger partial charge in [-0.1, -0.05) is 91.0 Å². The van der Waals surface area contributed by atoms with Gasteiger partial charge in [0.25, 0.3) is 11.8 Å². The lowest BCUT2D eigenvalue weighted by molar-refractivity contribution is -0.128. The molecule has 4 aromatic rings. The van der Waals surface area contributed by atoms with Crippen molar-refractivity contribution in [2.75, 3.05) is 39.3 Å². The number of likely N-dealkylation sites (tertiary alicyclic amines) is 1. The first-order chi connectivity index (χ1) is 20.6. The minimum atomic E-state index is -0.442. The maximum atomic E-state index is 13.8. The molecule has 7 nitrogen and oxygen atoms in total. The number of nitrogens with zero attached hydrogens (tertiary/aromatic N) is 4. The number of aromatic nitrogens is 1. The van der Waals surface area contributed by atoms with Crippen molar-refractivity contribution in [3.8, 4) is 22.5 Å². The molecular formula is C35H34N4O3. The van der Waals surface area contributed by atoms with E-state index in [0.29, 0.717) is 43.3 Å². The highest BCUT2D eigenvalue weighted by Crippen LogP contribution is 2.26. The Morgan fingerprint density at radius 3 is 1.60 bits per heavy atom. The summed E-state index contributed by atoms with van der Waals surface area (Å²) in [5, 5.41) is 0. The molecule has 0 atom stereocenters. The van der Waals surface area contributed by atoms with Gasteiger partial charge in [-0.15, -0.1) is 0 Å². The van der Waals surface area contributed by atoms with E-state index < -0.39 is 11.7 Å². The van der Waals surface area contributed by atoms with Crippen molar-refractivity contribution in [3.63, 3.8) is 0 Å². The molecule has 7 heteroatoms. The summed E-state index contributed by atoms with van der Waals surface area (Å²) in [5.41, 5.74) is 4.60. The number of Topliss-reactive ketones (excluding diaryl/α,β-unsaturated/α-hetero) is 1. The van der Waals surface area contributed by atoms with Gasteiger partial charge in [-0.2, -0.15) is 0 Å². The molecule has 0 saturated carbocycles. The first-order valence-corrected chi connectivity index (χ1v) is 14.6. The van der Waals surface area contributed by atoms with Crippen LogP contribution >= 0.6 is 0 Å². The third-order valence-electron chi connectivity index (χ3n) is 8.31. The van der Waals surface area contributed by atoms with Crippen LogP contribution in [0, 0.1) is 0 Å². The first-order valence-electron chi connectivity index (χ1n) is 14.6. The Hall–Kier alpha value is -4.62. The van der Waals surface area contributed by atoms with Crippen LogP contribution in [0.1, 0.15) is 33.6 Å². The number of hydrogen-bond donors (Lipinski definition) is 0. The zero-order valence-corrected chi connectivity index (χ0v) is 23.6. The van der Waals surface area contributed by atoms with Gasteiger partial charge in [0.2, 0.25) is 5.78 Å². The van der Waals surface area contributed by atoms with Gasteiger partial charge in [0.05, 0.1) is 11.4 Å². The summed E-state index contributed by atoms with van der Waals surface area (Å²) in [5.74, 6) is -0.841. The molecule has 2 aliphatic heterocycles. The van der Waals surface area contributed by atoms with Crippen molar-refractivity contribution in [1.29, 1.82) is 0 Å². The maximum Gasteiger partial charge on any atom is 0.294 e. The number of ketones is 1. The molecule has 0 aliphatic carbocycles. The Balaban J connectivity index is 1.09. The SMILES string of the molecule is O=C(C(=O)N1CCC(N2CCN(C(=O)c3cc(-c4ccccc4)nc(-c4ccccc4)c3)CC2)CC1)c1ccccc1. The highest BCUT2D eigenvalue weighted by Gasteiger charge is 2.32. The Kier molecular flexibility index (Phi) is 8.19. The average Bonchev–Trinajstić information content (AvgIpc) is 3.08. The number of carbonyl (C=O) groups excluding carboxylic acids is 3.